The van der Waals surface area contributed by atoms with Crippen LogP contribution in [0.3, 0.4) is 0 Å². The molecule has 1 heterocycles. The van der Waals surface area contributed by atoms with Gasteiger partial charge in [0.25, 0.3) is 11.5 Å². The van der Waals surface area contributed by atoms with Crippen molar-refractivity contribution in [3.63, 3.8) is 0 Å². The highest BCUT2D eigenvalue weighted by atomic mass is 19.1. The van der Waals surface area contributed by atoms with E-state index in [1.165, 1.54) is 36.5 Å². The molecule has 0 saturated heterocycles. The van der Waals surface area contributed by atoms with E-state index in [4.69, 9.17) is 0 Å². The van der Waals surface area contributed by atoms with E-state index in [1.54, 1.807) is 6.07 Å². The van der Waals surface area contributed by atoms with E-state index in [9.17, 15) is 37.8 Å². The lowest BCUT2D eigenvalue weighted by Crippen LogP contribution is -2.42. The molecule has 0 radical (unpaired) electrons. The first kappa shape index (κ1) is 26.9. The van der Waals surface area contributed by atoms with E-state index in [0.717, 1.165) is 10.6 Å². The molecule has 0 unspecified atom stereocenters. The number of amides is 1. The minimum absolute atomic E-state index is 0.0995. The number of nitrogens with zero attached hydrogens (tertiary/aromatic N) is 1. The van der Waals surface area contributed by atoms with Crippen LogP contribution in [0.1, 0.15) is 41.5 Å². The SMILES string of the molecule is O=C(/C=C(\O)c1cc(Cc2ccc(F)cc2F)cn(Cc2ccccc2F)c1=O)C(=O)N[C@@H]1CCC[C@@H]1O. The Morgan fingerprint density at radius 3 is 2.47 bits per heavy atom. The van der Waals surface area contributed by atoms with E-state index < -0.39 is 52.6 Å². The molecule has 7 nitrogen and oxygen atoms in total. The summed E-state index contributed by atoms with van der Waals surface area (Å²) in [5.74, 6) is -5.17. The Labute approximate surface area is 215 Å². The van der Waals surface area contributed by atoms with E-state index in [1.807, 2.05) is 0 Å². The van der Waals surface area contributed by atoms with Gasteiger partial charge in [-0.1, -0.05) is 24.3 Å². The topological polar surface area (TPSA) is 109 Å². The molecule has 198 valence electrons. The Hall–Kier alpha value is -4.18. The molecule has 1 aliphatic rings. The monoisotopic (exact) mass is 526 g/mol. The largest absolute Gasteiger partial charge is 0.507 e. The van der Waals surface area contributed by atoms with Crippen LogP contribution in [0.15, 0.2) is 65.6 Å². The van der Waals surface area contributed by atoms with E-state index in [0.29, 0.717) is 37.0 Å². The number of pyridine rings is 1. The number of nitrogens with one attached hydrogen (secondary N) is 1. The molecule has 2 atom stereocenters. The maximum Gasteiger partial charge on any atom is 0.292 e. The zero-order chi connectivity index (χ0) is 27.4. The summed E-state index contributed by atoms with van der Waals surface area (Å²) < 4.78 is 43.0. The minimum atomic E-state index is -1.14. The Kier molecular flexibility index (Phi) is 8.11. The summed E-state index contributed by atoms with van der Waals surface area (Å²) in [5, 5.41) is 22.9. The number of hydrogen-bond donors (Lipinski definition) is 3. The van der Waals surface area contributed by atoms with Crippen LogP contribution in [0.2, 0.25) is 0 Å². The fraction of sp³-hybridized carbons (Fsp3) is 0.250. The quantitative estimate of drug-likeness (QED) is 0.237. The maximum absolute atomic E-state index is 14.3. The third kappa shape index (κ3) is 6.20. The second kappa shape index (κ2) is 11.5. The van der Waals surface area contributed by atoms with Crippen molar-refractivity contribution >= 4 is 17.4 Å². The van der Waals surface area contributed by atoms with Gasteiger partial charge in [0.1, 0.15) is 23.2 Å². The molecule has 1 aromatic heterocycles. The fourth-order valence-corrected chi connectivity index (χ4v) is 4.41. The fourth-order valence-electron chi connectivity index (χ4n) is 4.41. The van der Waals surface area contributed by atoms with Crippen LogP contribution < -0.4 is 10.9 Å². The zero-order valence-corrected chi connectivity index (χ0v) is 20.2. The van der Waals surface area contributed by atoms with Crippen molar-refractivity contribution in [2.24, 2.45) is 0 Å². The first-order valence-corrected chi connectivity index (χ1v) is 12.0. The lowest BCUT2D eigenvalue weighted by atomic mass is 10.0. The highest BCUT2D eigenvalue weighted by Gasteiger charge is 2.28. The van der Waals surface area contributed by atoms with Crippen LogP contribution >= 0.6 is 0 Å². The summed E-state index contributed by atoms with van der Waals surface area (Å²) in [7, 11) is 0. The van der Waals surface area contributed by atoms with Crippen LogP contribution in [0, 0.1) is 17.5 Å². The van der Waals surface area contributed by atoms with Gasteiger partial charge in [-0.3, -0.25) is 14.4 Å². The third-order valence-electron chi connectivity index (χ3n) is 6.41. The van der Waals surface area contributed by atoms with Crippen LogP contribution in [-0.2, 0) is 22.6 Å². The van der Waals surface area contributed by atoms with E-state index in [2.05, 4.69) is 5.32 Å². The number of aliphatic hydroxyl groups excluding tert-OH is 2. The van der Waals surface area contributed by atoms with Crippen molar-refractivity contribution in [3.8, 4) is 0 Å². The Bertz CT molecular complexity index is 1470. The molecule has 2 aromatic carbocycles. The molecule has 0 bridgehead atoms. The van der Waals surface area contributed by atoms with Gasteiger partial charge in [-0.15, -0.1) is 0 Å². The normalized spacial score (nSPS) is 17.4. The van der Waals surface area contributed by atoms with E-state index >= 15 is 0 Å². The standard InChI is InChI=1S/C28H25F3N2O5/c29-19-9-8-17(22(31)12-19)10-16-11-20(28(38)33(14-16)15-18-4-1-2-5-21(18)30)25(35)13-26(36)27(37)32-23-6-3-7-24(23)34/h1-2,4-5,8-9,11-14,23-24,34-35H,3,6-7,10,15H2,(H,32,37)/b25-13-/t23-,24+/m1/s1. The van der Waals surface area contributed by atoms with Crippen LogP contribution in [0.4, 0.5) is 13.2 Å². The number of carbonyl (C=O) groups excluding carboxylic acids is 2. The number of rotatable bonds is 8. The highest BCUT2D eigenvalue weighted by molar-refractivity contribution is 6.41. The van der Waals surface area contributed by atoms with Gasteiger partial charge in [0.05, 0.1) is 24.3 Å². The molecule has 3 N–H and O–H groups in total. The zero-order valence-electron chi connectivity index (χ0n) is 20.2. The number of halogens is 3. The van der Waals surface area contributed by atoms with Crippen molar-refractivity contribution in [2.45, 2.75) is 44.4 Å². The van der Waals surface area contributed by atoms with Crippen molar-refractivity contribution in [1.82, 2.24) is 9.88 Å². The predicted octanol–water partition coefficient (Wildman–Crippen LogP) is 3.40. The molecular formula is C28H25F3N2O5. The second-order valence-corrected chi connectivity index (χ2v) is 9.17. The molecule has 0 aliphatic heterocycles. The first-order valence-electron chi connectivity index (χ1n) is 12.0. The average Bonchev–Trinajstić information content (AvgIpc) is 3.27. The maximum atomic E-state index is 14.3. The number of ketones is 1. The van der Waals surface area contributed by atoms with Gasteiger partial charge in [-0.05, 0) is 48.6 Å². The lowest BCUT2D eigenvalue weighted by molar-refractivity contribution is -0.136. The van der Waals surface area contributed by atoms with Gasteiger partial charge in [0.2, 0.25) is 5.78 Å². The van der Waals surface area contributed by atoms with Gasteiger partial charge in [-0.2, -0.15) is 0 Å². The molecule has 4 rings (SSSR count). The van der Waals surface area contributed by atoms with Crippen LogP contribution in [0.25, 0.3) is 5.76 Å². The highest BCUT2D eigenvalue weighted by Crippen LogP contribution is 2.20. The number of aliphatic hydroxyl groups is 2. The summed E-state index contributed by atoms with van der Waals surface area (Å²) in [6.45, 7) is -0.237. The van der Waals surface area contributed by atoms with Gasteiger partial charge >= 0.3 is 0 Å². The van der Waals surface area contributed by atoms with Crippen molar-refractivity contribution in [2.75, 3.05) is 0 Å². The van der Waals surface area contributed by atoms with Crippen molar-refractivity contribution in [3.05, 3.63) is 111 Å². The molecule has 1 amide bonds. The molecule has 1 fully saturated rings. The summed E-state index contributed by atoms with van der Waals surface area (Å²) in [6.07, 6.45) is 2.72. The Morgan fingerprint density at radius 1 is 1.03 bits per heavy atom. The molecule has 10 heteroatoms. The molecule has 38 heavy (non-hydrogen) atoms. The number of benzene rings is 2. The molecule has 1 aliphatic carbocycles. The van der Waals surface area contributed by atoms with Crippen LogP contribution in [-0.4, -0.2) is 38.6 Å². The van der Waals surface area contributed by atoms with E-state index in [-0.39, 0.29) is 29.7 Å². The predicted molar refractivity (Wildman–Crippen MR) is 133 cm³/mol. The number of carbonyl (C=O) groups is 2. The lowest BCUT2D eigenvalue weighted by Gasteiger charge is -2.15. The average molecular weight is 527 g/mol. The summed E-state index contributed by atoms with van der Waals surface area (Å²) in [5.41, 5.74) is -0.595. The van der Waals surface area contributed by atoms with Crippen molar-refractivity contribution in [1.29, 1.82) is 0 Å². The van der Waals surface area contributed by atoms with Gasteiger partial charge in [0, 0.05) is 30.3 Å². The number of hydrogen-bond acceptors (Lipinski definition) is 5. The Morgan fingerprint density at radius 2 is 1.79 bits per heavy atom. The van der Waals surface area contributed by atoms with Crippen molar-refractivity contribution < 1.29 is 33.0 Å². The van der Waals surface area contributed by atoms with Gasteiger partial charge in [-0.25, -0.2) is 13.2 Å². The molecule has 0 spiro atoms. The first-order chi connectivity index (χ1) is 18.1. The molecule has 1 saturated carbocycles. The number of aromatic nitrogens is 1. The Balaban J connectivity index is 1.69. The van der Waals surface area contributed by atoms with Gasteiger partial charge in [0.15, 0.2) is 0 Å². The smallest absolute Gasteiger partial charge is 0.292 e. The van der Waals surface area contributed by atoms with Gasteiger partial charge < -0.3 is 20.1 Å². The molecule has 3 aromatic rings. The second-order valence-electron chi connectivity index (χ2n) is 9.17. The summed E-state index contributed by atoms with van der Waals surface area (Å²) in [6, 6.07) is 9.40. The summed E-state index contributed by atoms with van der Waals surface area (Å²) in [4.78, 5) is 37.9. The molecular weight excluding hydrogens is 501 g/mol. The van der Waals surface area contributed by atoms with Crippen LogP contribution in [0.5, 0.6) is 0 Å². The summed E-state index contributed by atoms with van der Waals surface area (Å²) >= 11 is 0. The minimum Gasteiger partial charge on any atom is -0.507 e. The third-order valence-corrected chi connectivity index (χ3v) is 6.41.